The van der Waals surface area contributed by atoms with Gasteiger partial charge in [-0.05, 0) is 62.4 Å². The smallest absolute Gasteiger partial charge is 0.413 e. The zero-order valence-corrected chi connectivity index (χ0v) is 17.8. The van der Waals surface area contributed by atoms with Crippen LogP contribution in [0.15, 0.2) is 53.4 Å². The largest absolute Gasteiger partial charge is 0.449 e. The van der Waals surface area contributed by atoms with Gasteiger partial charge in [-0.15, -0.1) is 0 Å². The Morgan fingerprint density at radius 2 is 1.69 bits per heavy atom. The van der Waals surface area contributed by atoms with Gasteiger partial charge in [-0.3, -0.25) is 9.69 Å². The van der Waals surface area contributed by atoms with Crippen molar-refractivity contribution in [1.29, 1.82) is 0 Å². The Hall–Kier alpha value is -2.62. The highest BCUT2D eigenvalue weighted by atomic mass is 35.5. The van der Waals surface area contributed by atoms with Gasteiger partial charge in [0.1, 0.15) is 0 Å². The summed E-state index contributed by atoms with van der Waals surface area (Å²) in [7, 11) is -2.31. The molecule has 2 aromatic carbocycles. The predicted octanol–water partition coefficient (Wildman–Crippen LogP) is 3.24. The molecule has 2 aromatic rings. The van der Waals surface area contributed by atoms with Gasteiger partial charge in [0.2, 0.25) is 15.9 Å². The minimum absolute atomic E-state index is 0.00732. The van der Waals surface area contributed by atoms with Gasteiger partial charge in [-0.2, -0.15) is 4.72 Å². The van der Waals surface area contributed by atoms with Crippen LogP contribution in [0.1, 0.15) is 13.8 Å². The number of anilines is 2. The van der Waals surface area contributed by atoms with E-state index < -0.39 is 28.1 Å². The Bertz CT molecular complexity index is 962. The standard InChI is InChI=1S/C19H22ClN3O5S/c1-4-28-19(25)23(3)16-9-7-15(8-10-16)21-18(24)13(2)22-29(26,27)17-11-5-14(20)6-12-17/h5-13,22H,4H2,1-3H3,(H,21,24)/t13-/m0/s1. The number of nitrogens with zero attached hydrogens (tertiary/aromatic N) is 1. The fraction of sp³-hybridized carbons (Fsp3) is 0.263. The molecule has 0 unspecified atom stereocenters. The van der Waals surface area contributed by atoms with Gasteiger partial charge in [-0.1, -0.05) is 11.6 Å². The number of sulfonamides is 1. The highest BCUT2D eigenvalue weighted by Gasteiger charge is 2.22. The molecule has 0 saturated heterocycles. The Morgan fingerprint density at radius 1 is 1.10 bits per heavy atom. The van der Waals surface area contributed by atoms with Crippen molar-refractivity contribution in [2.24, 2.45) is 0 Å². The van der Waals surface area contributed by atoms with E-state index in [4.69, 9.17) is 16.3 Å². The SMILES string of the molecule is CCOC(=O)N(C)c1ccc(NC(=O)[C@H](C)NS(=O)(=O)c2ccc(Cl)cc2)cc1. The maximum absolute atomic E-state index is 12.4. The Labute approximate surface area is 174 Å². The van der Waals surface area contributed by atoms with Crippen LogP contribution in [0.3, 0.4) is 0 Å². The number of hydrogen-bond acceptors (Lipinski definition) is 5. The molecule has 0 aliphatic carbocycles. The molecule has 0 saturated carbocycles. The number of carbonyl (C=O) groups excluding carboxylic acids is 2. The number of hydrogen-bond donors (Lipinski definition) is 2. The molecular weight excluding hydrogens is 418 g/mol. The van der Waals surface area contributed by atoms with E-state index in [1.165, 1.54) is 36.1 Å². The van der Waals surface area contributed by atoms with Crippen molar-refractivity contribution in [3.63, 3.8) is 0 Å². The van der Waals surface area contributed by atoms with Crippen molar-refractivity contribution >= 4 is 45.0 Å². The lowest BCUT2D eigenvalue weighted by Gasteiger charge is -2.17. The fourth-order valence-electron chi connectivity index (χ4n) is 2.31. The van der Waals surface area contributed by atoms with Crippen LogP contribution in [-0.4, -0.2) is 40.1 Å². The van der Waals surface area contributed by atoms with Gasteiger partial charge < -0.3 is 10.1 Å². The Kier molecular flexibility index (Phi) is 7.60. The first-order valence-corrected chi connectivity index (χ1v) is 10.6. The first-order chi connectivity index (χ1) is 13.6. The maximum atomic E-state index is 12.4. The lowest BCUT2D eigenvalue weighted by Crippen LogP contribution is -2.41. The normalized spacial score (nSPS) is 12.1. The van der Waals surface area contributed by atoms with E-state index in [9.17, 15) is 18.0 Å². The van der Waals surface area contributed by atoms with Gasteiger partial charge >= 0.3 is 6.09 Å². The van der Waals surface area contributed by atoms with Crippen LogP contribution in [0, 0.1) is 0 Å². The second kappa shape index (κ2) is 9.73. The van der Waals surface area contributed by atoms with E-state index in [2.05, 4.69) is 10.0 Å². The molecule has 1 atom stereocenters. The molecule has 0 spiro atoms. The fourth-order valence-corrected chi connectivity index (χ4v) is 3.64. The molecule has 0 aliphatic heterocycles. The third-order valence-corrected chi connectivity index (χ3v) is 5.72. The Balaban J connectivity index is 2.00. The van der Waals surface area contributed by atoms with Gasteiger partial charge in [0.25, 0.3) is 0 Å². The molecule has 0 heterocycles. The van der Waals surface area contributed by atoms with E-state index in [-0.39, 0.29) is 11.5 Å². The molecular formula is C19H22ClN3O5S. The van der Waals surface area contributed by atoms with Gasteiger partial charge in [0.05, 0.1) is 17.5 Å². The van der Waals surface area contributed by atoms with Crippen LogP contribution in [0.5, 0.6) is 0 Å². The average molecular weight is 440 g/mol. The summed E-state index contributed by atoms with van der Waals surface area (Å²) in [5.74, 6) is -0.533. The molecule has 2 N–H and O–H groups in total. The summed E-state index contributed by atoms with van der Waals surface area (Å²) in [5, 5.41) is 3.03. The second-order valence-corrected chi connectivity index (χ2v) is 8.24. The molecule has 0 bridgehead atoms. The topological polar surface area (TPSA) is 105 Å². The summed E-state index contributed by atoms with van der Waals surface area (Å²) in [4.78, 5) is 25.4. The van der Waals surface area contributed by atoms with Crippen LogP contribution in [0.2, 0.25) is 5.02 Å². The molecule has 29 heavy (non-hydrogen) atoms. The summed E-state index contributed by atoms with van der Waals surface area (Å²) in [5.41, 5.74) is 1.03. The van der Waals surface area contributed by atoms with Crippen molar-refractivity contribution in [2.75, 3.05) is 23.9 Å². The monoisotopic (exact) mass is 439 g/mol. The predicted molar refractivity (Wildman–Crippen MR) is 112 cm³/mol. The van der Waals surface area contributed by atoms with Crippen LogP contribution < -0.4 is 14.9 Å². The van der Waals surface area contributed by atoms with Crippen molar-refractivity contribution in [1.82, 2.24) is 4.72 Å². The van der Waals surface area contributed by atoms with Gasteiger partial charge in [-0.25, -0.2) is 13.2 Å². The van der Waals surface area contributed by atoms with Gasteiger partial charge in [0, 0.05) is 23.4 Å². The second-order valence-electron chi connectivity index (χ2n) is 6.09. The molecule has 8 nitrogen and oxygen atoms in total. The summed E-state index contributed by atoms with van der Waals surface area (Å²) in [6.07, 6.45) is -0.491. The third-order valence-electron chi connectivity index (χ3n) is 3.91. The van der Waals surface area contributed by atoms with E-state index in [1.807, 2.05) is 0 Å². The van der Waals surface area contributed by atoms with E-state index in [0.717, 1.165) is 0 Å². The minimum atomic E-state index is -3.87. The third kappa shape index (κ3) is 6.18. The highest BCUT2D eigenvalue weighted by Crippen LogP contribution is 2.18. The number of benzene rings is 2. The zero-order valence-electron chi connectivity index (χ0n) is 16.2. The summed E-state index contributed by atoms with van der Waals surface area (Å²) < 4.78 is 32.0. The number of halogens is 1. The first kappa shape index (κ1) is 22.7. The maximum Gasteiger partial charge on any atom is 0.413 e. The van der Waals surface area contributed by atoms with E-state index >= 15 is 0 Å². The van der Waals surface area contributed by atoms with Crippen LogP contribution in [-0.2, 0) is 19.6 Å². The summed E-state index contributed by atoms with van der Waals surface area (Å²) in [6, 6.07) is 11.1. The number of rotatable bonds is 7. The number of amides is 2. The number of carbonyl (C=O) groups is 2. The Morgan fingerprint density at radius 3 is 2.24 bits per heavy atom. The zero-order chi connectivity index (χ0) is 21.6. The first-order valence-electron chi connectivity index (χ1n) is 8.73. The molecule has 0 aromatic heterocycles. The number of ether oxygens (including phenoxy) is 1. The van der Waals surface area contributed by atoms with Crippen LogP contribution in [0.4, 0.5) is 16.2 Å². The summed E-state index contributed by atoms with van der Waals surface area (Å²) in [6.45, 7) is 3.42. The summed E-state index contributed by atoms with van der Waals surface area (Å²) >= 11 is 5.76. The van der Waals surface area contributed by atoms with Crippen LogP contribution >= 0.6 is 11.6 Å². The molecule has 10 heteroatoms. The molecule has 0 aliphatic rings. The molecule has 156 valence electrons. The highest BCUT2D eigenvalue weighted by molar-refractivity contribution is 7.89. The van der Waals surface area contributed by atoms with E-state index in [1.54, 1.807) is 38.2 Å². The van der Waals surface area contributed by atoms with E-state index in [0.29, 0.717) is 16.4 Å². The molecule has 0 fully saturated rings. The molecule has 0 radical (unpaired) electrons. The van der Waals surface area contributed by atoms with Crippen LogP contribution in [0.25, 0.3) is 0 Å². The lowest BCUT2D eigenvalue weighted by atomic mass is 10.2. The molecule has 2 amide bonds. The lowest BCUT2D eigenvalue weighted by molar-refractivity contribution is -0.117. The van der Waals surface area contributed by atoms with Crippen molar-refractivity contribution < 1.29 is 22.7 Å². The average Bonchev–Trinajstić information content (AvgIpc) is 2.68. The number of nitrogens with one attached hydrogen (secondary N) is 2. The van der Waals surface area contributed by atoms with Gasteiger partial charge in [0.15, 0.2) is 0 Å². The quantitative estimate of drug-likeness (QED) is 0.689. The minimum Gasteiger partial charge on any atom is -0.449 e. The van der Waals surface area contributed by atoms with Crippen molar-refractivity contribution in [2.45, 2.75) is 24.8 Å². The van der Waals surface area contributed by atoms with Crippen molar-refractivity contribution in [3.8, 4) is 0 Å². The molecule has 2 rings (SSSR count). The van der Waals surface area contributed by atoms with Crippen molar-refractivity contribution in [3.05, 3.63) is 53.6 Å².